The lowest BCUT2D eigenvalue weighted by atomic mass is 10.1. The van der Waals surface area contributed by atoms with Gasteiger partial charge in [0.1, 0.15) is 5.69 Å². The van der Waals surface area contributed by atoms with Gasteiger partial charge in [0.05, 0.1) is 7.11 Å². The van der Waals surface area contributed by atoms with Crippen molar-refractivity contribution >= 4 is 29.2 Å². The van der Waals surface area contributed by atoms with Crippen LogP contribution in [-0.4, -0.2) is 18.1 Å². The molecule has 1 aromatic carbocycles. The second kappa shape index (κ2) is 5.17. The van der Waals surface area contributed by atoms with Gasteiger partial charge >= 0.3 is 5.97 Å². The van der Waals surface area contributed by atoms with Gasteiger partial charge in [-0.05, 0) is 47.7 Å². The third-order valence-electron chi connectivity index (χ3n) is 3.51. The van der Waals surface area contributed by atoms with Crippen molar-refractivity contribution in [3.8, 4) is 0 Å². The molecular weight excluding hydrogens is 274 g/mol. The molecule has 1 N–H and O–H groups in total. The maximum Gasteiger partial charge on any atom is 0.354 e. The van der Waals surface area contributed by atoms with Gasteiger partial charge in [-0.25, -0.2) is 4.79 Å². The molecule has 0 aliphatic heterocycles. The van der Waals surface area contributed by atoms with E-state index in [9.17, 15) is 4.79 Å². The monoisotopic (exact) mass is 287 g/mol. The number of rotatable bonds is 2. The number of carbonyl (C=O) groups excluding carboxylic acids is 1. The number of hydrogen-bond acceptors (Lipinski definition) is 2. The largest absolute Gasteiger partial charge is 0.464 e. The first-order chi connectivity index (χ1) is 9.67. The fourth-order valence-corrected chi connectivity index (χ4v) is 2.63. The molecule has 0 fully saturated rings. The average Bonchev–Trinajstić information content (AvgIpc) is 3.02. The number of fused-ring (bicyclic) bond motifs is 1. The highest BCUT2D eigenvalue weighted by molar-refractivity contribution is 6.30. The molecule has 0 bridgehead atoms. The summed E-state index contributed by atoms with van der Waals surface area (Å²) in [5, 5.41) is 0.730. The first kappa shape index (κ1) is 13.0. The average molecular weight is 288 g/mol. The van der Waals surface area contributed by atoms with Gasteiger partial charge in [0.2, 0.25) is 0 Å². The highest BCUT2D eigenvalue weighted by Crippen LogP contribution is 2.34. The minimum Gasteiger partial charge on any atom is -0.464 e. The van der Waals surface area contributed by atoms with Crippen molar-refractivity contribution in [3.63, 3.8) is 0 Å². The highest BCUT2D eigenvalue weighted by Gasteiger charge is 2.21. The number of esters is 1. The number of ether oxygens (including phenoxy) is 1. The fraction of sp³-hybridized carbons (Fsp3) is 0.188. The second-order valence-corrected chi connectivity index (χ2v) is 5.22. The molecule has 1 aliphatic carbocycles. The summed E-state index contributed by atoms with van der Waals surface area (Å²) < 4.78 is 4.74. The molecule has 0 saturated carbocycles. The molecule has 0 atom stereocenters. The Hall–Kier alpha value is -2.00. The minimum atomic E-state index is -0.328. The standard InChI is InChI=1S/C16H14ClNO2/c1-20-16(19)15-9-13-11(4-7-14(13)18-15)8-10-2-5-12(17)6-3-10/h2-3,5-6,8-9,18H,4,7H2,1H3. The topological polar surface area (TPSA) is 42.1 Å². The molecule has 20 heavy (non-hydrogen) atoms. The normalized spacial score (nSPS) is 15.4. The SMILES string of the molecule is COC(=O)c1cc2c([nH]1)CCC2=Cc1ccc(Cl)cc1. The molecule has 3 rings (SSSR count). The Morgan fingerprint density at radius 3 is 2.75 bits per heavy atom. The molecule has 1 aliphatic rings. The van der Waals surface area contributed by atoms with Crippen LogP contribution in [0.3, 0.4) is 0 Å². The van der Waals surface area contributed by atoms with Gasteiger partial charge in [0.15, 0.2) is 0 Å². The fourth-order valence-electron chi connectivity index (χ4n) is 2.51. The number of carbonyl (C=O) groups is 1. The summed E-state index contributed by atoms with van der Waals surface area (Å²) >= 11 is 5.89. The van der Waals surface area contributed by atoms with Crippen LogP contribution in [0.25, 0.3) is 11.6 Å². The number of allylic oxidation sites excluding steroid dienone is 1. The number of aromatic amines is 1. The van der Waals surface area contributed by atoms with E-state index < -0.39 is 0 Å². The van der Waals surface area contributed by atoms with Crippen LogP contribution in [-0.2, 0) is 11.2 Å². The maximum absolute atomic E-state index is 11.5. The first-order valence-corrected chi connectivity index (χ1v) is 6.82. The zero-order chi connectivity index (χ0) is 14.1. The lowest BCUT2D eigenvalue weighted by Gasteiger charge is -1.99. The van der Waals surface area contributed by atoms with Crippen molar-refractivity contribution in [2.24, 2.45) is 0 Å². The smallest absolute Gasteiger partial charge is 0.354 e. The molecule has 2 aromatic rings. The zero-order valence-electron chi connectivity index (χ0n) is 11.1. The lowest BCUT2D eigenvalue weighted by molar-refractivity contribution is 0.0594. The summed E-state index contributed by atoms with van der Waals surface area (Å²) in [5.41, 5.74) is 5.07. The number of aromatic nitrogens is 1. The van der Waals surface area contributed by atoms with Crippen molar-refractivity contribution in [2.45, 2.75) is 12.8 Å². The Labute approximate surface area is 122 Å². The number of hydrogen-bond donors (Lipinski definition) is 1. The van der Waals surface area contributed by atoms with Gasteiger partial charge < -0.3 is 9.72 Å². The molecule has 4 heteroatoms. The summed E-state index contributed by atoms with van der Waals surface area (Å²) in [6.45, 7) is 0. The van der Waals surface area contributed by atoms with Crippen LogP contribution in [0, 0.1) is 0 Å². The molecular formula is C16H14ClNO2. The molecule has 0 saturated heterocycles. The molecule has 3 nitrogen and oxygen atoms in total. The van der Waals surface area contributed by atoms with Crippen LogP contribution in [0.4, 0.5) is 0 Å². The number of methoxy groups -OCH3 is 1. The summed E-state index contributed by atoms with van der Waals surface area (Å²) in [5.74, 6) is -0.328. The van der Waals surface area contributed by atoms with E-state index >= 15 is 0 Å². The van der Waals surface area contributed by atoms with Gasteiger partial charge in [-0.15, -0.1) is 0 Å². The van der Waals surface area contributed by atoms with Gasteiger partial charge in [-0.2, -0.15) is 0 Å². The van der Waals surface area contributed by atoms with Gasteiger partial charge in [-0.1, -0.05) is 29.8 Å². The van der Waals surface area contributed by atoms with Crippen molar-refractivity contribution in [3.05, 3.63) is 57.9 Å². The van der Waals surface area contributed by atoms with E-state index in [0.29, 0.717) is 5.69 Å². The molecule has 1 aromatic heterocycles. The van der Waals surface area contributed by atoms with Gasteiger partial charge in [0, 0.05) is 10.7 Å². The van der Waals surface area contributed by atoms with Crippen molar-refractivity contribution in [1.29, 1.82) is 0 Å². The Morgan fingerprint density at radius 1 is 1.30 bits per heavy atom. The van der Waals surface area contributed by atoms with E-state index in [0.717, 1.165) is 34.7 Å². The summed E-state index contributed by atoms with van der Waals surface area (Å²) in [4.78, 5) is 14.7. The zero-order valence-corrected chi connectivity index (χ0v) is 11.8. The summed E-state index contributed by atoms with van der Waals surface area (Å²) in [7, 11) is 1.39. The number of benzene rings is 1. The van der Waals surface area contributed by atoms with Crippen molar-refractivity contribution < 1.29 is 9.53 Å². The lowest BCUT2D eigenvalue weighted by Crippen LogP contribution is -2.01. The summed E-state index contributed by atoms with van der Waals surface area (Å²) in [6.07, 6.45) is 4.04. The number of aryl methyl sites for hydroxylation is 1. The van der Waals surface area contributed by atoms with Crippen LogP contribution in [0.15, 0.2) is 30.3 Å². The van der Waals surface area contributed by atoms with Crippen LogP contribution in [0.5, 0.6) is 0 Å². The molecule has 0 spiro atoms. The maximum atomic E-state index is 11.5. The summed E-state index contributed by atoms with van der Waals surface area (Å²) in [6, 6.07) is 9.60. The number of halogens is 1. The Balaban J connectivity index is 1.94. The van der Waals surface area contributed by atoms with E-state index in [2.05, 4.69) is 11.1 Å². The molecule has 1 heterocycles. The van der Waals surface area contributed by atoms with Crippen molar-refractivity contribution in [1.82, 2.24) is 4.98 Å². The van der Waals surface area contributed by atoms with E-state index in [1.165, 1.54) is 12.7 Å². The predicted octanol–water partition coefficient (Wildman–Crippen LogP) is 3.94. The minimum absolute atomic E-state index is 0.328. The van der Waals surface area contributed by atoms with E-state index in [-0.39, 0.29) is 5.97 Å². The van der Waals surface area contributed by atoms with E-state index in [4.69, 9.17) is 16.3 Å². The Morgan fingerprint density at radius 2 is 2.05 bits per heavy atom. The van der Waals surface area contributed by atoms with Gasteiger partial charge in [-0.3, -0.25) is 0 Å². The van der Waals surface area contributed by atoms with Crippen LogP contribution in [0.2, 0.25) is 5.02 Å². The third kappa shape index (κ3) is 2.37. The third-order valence-corrected chi connectivity index (χ3v) is 3.76. The van der Waals surface area contributed by atoms with E-state index in [1.54, 1.807) is 0 Å². The van der Waals surface area contributed by atoms with Crippen LogP contribution >= 0.6 is 11.6 Å². The molecule has 102 valence electrons. The van der Waals surface area contributed by atoms with Gasteiger partial charge in [0.25, 0.3) is 0 Å². The van der Waals surface area contributed by atoms with Crippen LogP contribution < -0.4 is 0 Å². The van der Waals surface area contributed by atoms with Crippen LogP contribution in [0.1, 0.15) is 33.7 Å². The Bertz CT molecular complexity index is 683. The second-order valence-electron chi connectivity index (χ2n) is 4.79. The van der Waals surface area contributed by atoms with E-state index in [1.807, 2.05) is 30.3 Å². The quantitative estimate of drug-likeness (QED) is 0.850. The first-order valence-electron chi connectivity index (χ1n) is 6.44. The number of H-pyrrole nitrogens is 1. The highest BCUT2D eigenvalue weighted by atomic mass is 35.5. The number of nitrogens with one attached hydrogen (secondary N) is 1. The Kier molecular flexibility index (Phi) is 3.36. The predicted molar refractivity (Wildman–Crippen MR) is 79.8 cm³/mol. The molecule has 0 radical (unpaired) electrons. The molecule has 0 unspecified atom stereocenters. The van der Waals surface area contributed by atoms with Crippen molar-refractivity contribution in [2.75, 3.05) is 7.11 Å². The molecule has 0 amide bonds.